The average molecular weight is 331 g/mol. The van der Waals surface area contributed by atoms with Crippen LogP contribution in [0.1, 0.15) is 12.8 Å². The van der Waals surface area contributed by atoms with Crippen LogP contribution in [0.3, 0.4) is 0 Å². The van der Waals surface area contributed by atoms with E-state index in [1.54, 1.807) is 29.8 Å². The van der Waals surface area contributed by atoms with Crippen molar-refractivity contribution in [1.82, 2.24) is 9.80 Å². The fourth-order valence-corrected chi connectivity index (χ4v) is 3.86. The van der Waals surface area contributed by atoms with Gasteiger partial charge in [0.15, 0.2) is 0 Å². The number of β-lactam (4-membered cyclic amide) rings is 1. The first kappa shape index (κ1) is 15.9. The van der Waals surface area contributed by atoms with Crippen molar-refractivity contribution >= 4 is 42.0 Å². The minimum absolute atomic E-state index is 0. The van der Waals surface area contributed by atoms with E-state index in [-0.39, 0.29) is 35.3 Å². The number of allylic oxidation sites excluding steroid dienone is 1. The molecule has 1 unspecified atom stereocenters. The largest absolute Gasteiger partial charge is 0.477 e. The van der Waals surface area contributed by atoms with Crippen LogP contribution in [0.25, 0.3) is 0 Å². The molecule has 3 aliphatic heterocycles. The Balaban J connectivity index is 0.00000161. The summed E-state index contributed by atoms with van der Waals surface area (Å²) in [6.07, 6.45) is 2.67. The number of halogens is 1. The van der Waals surface area contributed by atoms with Crippen molar-refractivity contribution in [2.24, 2.45) is 0 Å². The number of carbonyl (C=O) groups is 3. The highest BCUT2D eigenvalue weighted by atomic mass is 35.5. The summed E-state index contributed by atoms with van der Waals surface area (Å²) in [4.78, 5) is 37.9. The van der Waals surface area contributed by atoms with Gasteiger partial charge in [-0.1, -0.05) is 0 Å². The lowest BCUT2D eigenvalue weighted by Gasteiger charge is -2.43. The van der Waals surface area contributed by atoms with E-state index < -0.39 is 5.97 Å². The highest BCUT2D eigenvalue weighted by Crippen LogP contribution is 2.40. The average Bonchev–Trinajstić information content (AvgIpc) is 2.70. The maximum absolute atomic E-state index is 11.9. The fourth-order valence-electron chi connectivity index (χ4n) is 2.63. The van der Waals surface area contributed by atoms with E-state index in [0.29, 0.717) is 36.3 Å². The molecule has 1 atom stereocenters. The molecule has 114 valence electrons. The fraction of sp³-hybridized carbons (Fsp3) is 0.462. The van der Waals surface area contributed by atoms with Crippen molar-refractivity contribution in [3.05, 3.63) is 22.9 Å². The molecule has 0 bridgehead atoms. The van der Waals surface area contributed by atoms with Gasteiger partial charge in [-0.05, 0) is 18.1 Å². The van der Waals surface area contributed by atoms with Gasteiger partial charge in [-0.25, -0.2) is 4.79 Å². The molecule has 3 heterocycles. The lowest BCUT2D eigenvalue weighted by Crippen LogP contribution is -2.53. The van der Waals surface area contributed by atoms with E-state index in [1.165, 1.54) is 4.90 Å². The Morgan fingerprint density at radius 3 is 2.67 bits per heavy atom. The minimum atomic E-state index is -1.10. The molecule has 21 heavy (non-hydrogen) atoms. The molecule has 0 aromatic rings. The summed E-state index contributed by atoms with van der Waals surface area (Å²) in [5.74, 6) is -0.806. The number of thioether (sulfide) groups is 1. The number of rotatable bonds is 2. The number of carbonyl (C=O) groups excluding carboxylic acids is 2. The third-order valence-electron chi connectivity index (χ3n) is 3.77. The number of likely N-dealkylation sites (N-methyl/N-ethyl adjacent to an activating group) is 1. The van der Waals surface area contributed by atoms with Gasteiger partial charge in [0.25, 0.3) is 0 Å². The number of likely N-dealkylation sites (tertiary alicyclic amines) is 1. The number of hydrogen-bond donors (Lipinski definition) is 1. The molecule has 3 aliphatic rings. The molecular formula is C13H15ClN2O4S. The molecule has 0 radical (unpaired) electrons. The predicted molar refractivity (Wildman–Crippen MR) is 80.0 cm³/mol. The molecule has 0 spiro atoms. The van der Waals surface area contributed by atoms with Crippen molar-refractivity contribution in [3.8, 4) is 0 Å². The van der Waals surface area contributed by atoms with Crippen molar-refractivity contribution in [1.29, 1.82) is 0 Å². The third kappa shape index (κ3) is 2.55. The summed E-state index contributed by atoms with van der Waals surface area (Å²) < 4.78 is 0. The molecule has 6 nitrogen and oxygen atoms in total. The molecular weight excluding hydrogens is 316 g/mol. The molecule has 2 amide bonds. The summed E-state index contributed by atoms with van der Waals surface area (Å²) in [6, 6.07) is 0. The van der Waals surface area contributed by atoms with E-state index in [2.05, 4.69) is 0 Å². The van der Waals surface area contributed by atoms with Crippen molar-refractivity contribution in [3.63, 3.8) is 0 Å². The van der Waals surface area contributed by atoms with Gasteiger partial charge in [0.1, 0.15) is 5.70 Å². The van der Waals surface area contributed by atoms with Gasteiger partial charge in [0.05, 0.1) is 11.8 Å². The lowest BCUT2D eigenvalue weighted by atomic mass is 10.0. The second kappa shape index (κ2) is 5.73. The predicted octanol–water partition coefficient (Wildman–Crippen LogP) is 0.841. The molecule has 0 saturated carbocycles. The van der Waals surface area contributed by atoms with E-state index in [1.807, 2.05) is 0 Å². The molecule has 2 saturated heterocycles. The van der Waals surface area contributed by atoms with Gasteiger partial charge in [0, 0.05) is 24.9 Å². The van der Waals surface area contributed by atoms with E-state index >= 15 is 0 Å². The maximum atomic E-state index is 11.9. The van der Waals surface area contributed by atoms with Crippen LogP contribution in [0.2, 0.25) is 0 Å². The van der Waals surface area contributed by atoms with Gasteiger partial charge in [-0.3, -0.25) is 14.5 Å². The zero-order chi connectivity index (χ0) is 14.4. The molecule has 8 heteroatoms. The minimum Gasteiger partial charge on any atom is -0.477 e. The quantitative estimate of drug-likeness (QED) is 0.599. The first-order valence-corrected chi connectivity index (χ1v) is 7.40. The number of fused-ring (bicyclic) bond motifs is 1. The van der Waals surface area contributed by atoms with Crippen molar-refractivity contribution in [2.45, 2.75) is 18.2 Å². The Bertz CT molecular complexity index is 587. The smallest absolute Gasteiger partial charge is 0.352 e. The number of carboxylic acids is 1. The number of carboxylic acid groups (broad SMARTS) is 1. The van der Waals surface area contributed by atoms with Crippen LogP contribution < -0.4 is 0 Å². The van der Waals surface area contributed by atoms with Gasteiger partial charge >= 0.3 is 5.97 Å². The lowest BCUT2D eigenvalue weighted by molar-refractivity contribution is -0.146. The molecule has 1 N–H and O–H groups in total. The van der Waals surface area contributed by atoms with Gasteiger partial charge in [0.2, 0.25) is 11.8 Å². The summed E-state index contributed by atoms with van der Waals surface area (Å²) in [5.41, 5.74) is 1.22. The van der Waals surface area contributed by atoms with E-state index in [9.17, 15) is 19.5 Å². The second-order valence-electron chi connectivity index (χ2n) is 5.06. The Morgan fingerprint density at radius 2 is 2.14 bits per heavy atom. The highest BCUT2D eigenvalue weighted by Gasteiger charge is 2.45. The normalized spacial score (nSPS) is 26.7. The third-order valence-corrected chi connectivity index (χ3v) is 5.01. The maximum Gasteiger partial charge on any atom is 0.352 e. The Hall–Kier alpha value is -1.47. The van der Waals surface area contributed by atoms with Crippen molar-refractivity contribution < 1.29 is 19.5 Å². The van der Waals surface area contributed by atoms with Crippen molar-refractivity contribution in [2.75, 3.05) is 19.3 Å². The Labute approximate surface area is 132 Å². The summed E-state index contributed by atoms with van der Waals surface area (Å²) in [7, 11) is 1.72. The zero-order valence-electron chi connectivity index (χ0n) is 11.4. The summed E-state index contributed by atoms with van der Waals surface area (Å²) in [5, 5.41) is 9.30. The SMILES string of the molecule is CN1CCC(=CC2=C(C(=O)O)N3C(=O)CC3SC2)C1=O.Cl. The van der Waals surface area contributed by atoms with E-state index in [0.717, 1.165) is 0 Å². The number of nitrogens with zero attached hydrogens (tertiary/aromatic N) is 2. The van der Waals surface area contributed by atoms with Gasteiger partial charge < -0.3 is 10.0 Å². The van der Waals surface area contributed by atoms with E-state index in [4.69, 9.17) is 0 Å². The second-order valence-corrected chi connectivity index (χ2v) is 6.22. The van der Waals surface area contributed by atoms with Gasteiger partial charge in [-0.2, -0.15) is 0 Å². The topological polar surface area (TPSA) is 77.9 Å². The monoisotopic (exact) mass is 330 g/mol. The zero-order valence-corrected chi connectivity index (χ0v) is 13.0. The molecule has 0 aromatic carbocycles. The molecule has 2 fully saturated rings. The Morgan fingerprint density at radius 1 is 1.43 bits per heavy atom. The summed E-state index contributed by atoms with van der Waals surface area (Å²) in [6.45, 7) is 0.652. The van der Waals surface area contributed by atoms with Crippen LogP contribution in [0, 0.1) is 0 Å². The van der Waals surface area contributed by atoms with Crippen LogP contribution in [0.4, 0.5) is 0 Å². The first-order valence-electron chi connectivity index (χ1n) is 6.35. The summed E-state index contributed by atoms with van der Waals surface area (Å²) >= 11 is 1.55. The standard InChI is InChI=1S/C13H14N2O4S.ClH/c1-14-3-2-7(12(14)17)4-8-6-20-10-5-9(16)15(10)11(8)13(18)19;/h4,10H,2-3,5-6H2,1H3,(H,18,19);1H. The molecule has 0 aromatic heterocycles. The first-order chi connectivity index (χ1) is 9.49. The molecule has 0 aliphatic carbocycles. The van der Waals surface area contributed by atoms with Crippen LogP contribution in [-0.2, 0) is 14.4 Å². The van der Waals surface area contributed by atoms with Crippen LogP contribution in [0.5, 0.6) is 0 Å². The number of hydrogen-bond acceptors (Lipinski definition) is 4. The van der Waals surface area contributed by atoms with Crippen LogP contribution in [-0.4, -0.2) is 57.4 Å². The number of aliphatic carboxylic acids is 1. The van der Waals surface area contributed by atoms with Crippen LogP contribution >= 0.6 is 24.2 Å². The molecule has 3 rings (SSSR count). The Kier molecular flexibility index (Phi) is 4.34. The van der Waals surface area contributed by atoms with Gasteiger partial charge in [-0.15, -0.1) is 24.2 Å². The highest BCUT2D eigenvalue weighted by molar-refractivity contribution is 8.00. The number of amides is 2. The van der Waals surface area contributed by atoms with Crippen LogP contribution in [0.15, 0.2) is 22.9 Å².